The highest BCUT2D eigenvalue weighted by molar-refractivity contribution is 5.78. The maximum atomic E-state index is 11.1. The number of hydrogen-bond donors (Lipinski definition) is 0. The molecule has 15 heavy (non-hydrogen) atoms. The lowest BCUT2D eigenvalue weighted by Gasteiger charge is -2.22. The molecular weight excluding hydrogens is 192 g/mol. The number of benzene rings is 1. The van der Waals surface area contributed by atoms with E-state index in [9.17, 15) is 4.79 Å². The summed E-state index contributed by atoms with van der Waals surface area (Å²) in [5, 5.41) is 0. The maximum absolute atomic E-state index is 11.1. The summed E-state index contributed by atoms with van der Waals surface area (Å²) in [7, 11) is 0. The monoisotopic (exact) mass is 200 g/mol. The zero-order valence-corrected chi connectivity index (χ0v) is 7.90. The first-order valence-electron chi connectivity index (χ1n) is 4.73. The first-order chi connectivity index (χ1) is 7.33. The molecule has 0 N–H and O–H groups in total. The van der Waals surface area contributed by atoms with Crippen LogP contribution < -0.4 is 4.74 Å². The van der Waals surface area contributed by atoms with Gasteiger partial charge in [-0.1, -0.05) is 18.2 Å². The van der Waals surface area contributed by atoms with Crippen molar-refractivity contribution in [2.45, 2.75) is 6.42 Å². The second-order valence-electron chi connectivity index (χ2n) is 3.40. The summed E-state index contributed by atoms with van der Waals surface area (Å²) < 4.78 is 10.7. The summed E-state index contributed by atoms with van der Waals surface area (Å²) in [6.07, 6.45) is 3.84. The van der Waals surface area contributed by atoms with Gasteiger partial charge in [-0.25, -0.2) is 0 Å². The molecule has 2 aliphatic rings. The van der Waals surface area contributed by atoms with Gasteiger partial charge in [0.05, 0.1) is 6.42 Å². The molecule has 1 aromatic carbocycles. The van der Waals surface area contributed by atoms with E-state index in [0.29, 0.717) is 11.5 Å². The fourth-order valence-corrected chi connectivity index (χ4v) is 1.64. The number of fused-ring (bicyclic) bond motifs is 2. The van der Waals surface area contributed by atoms with Gasteiger partial charge in [0.15, 0.2) is 11.5 Å². The van der Waals surface area contributed by atoms with E-state index in [-0.39, 0.29) is 12.4 Å². The molecule has 0 bridgehead atoms. The van der Waals surface area contributed by atoms with E-state index < -0.39 is 0 Å². The Kier molecular flexibility index (Phi) is 1.65. The largest absolute Gasteiger partial charge is 0.453 e. The summed E-state index contributed by atoms with van der Waals surface area (Å²) in [5.41, 5.74) is 0.930. The molecule has 0 aliphatic carbocycles. The van der Waals surface area contributed by atoms with Crippen molar-refractivity contribution < 1.29 is 14.3 Å². The molecule has 0 spiro atoms. The van der Waals surface area contributed by atoms with Crippen LogP contribution in [0.1, 0.15) is 12.0 Å². The molecular formula is C12H8O3. The van der Waals surface area contributed by atoms with Gasteiger partial charge in [-0.3, -0.25) is 4.79 Å². The highest BCUT2D eigenvalue weighted by atomic mass is 16.6. The van der Waals surface area contributed by atoms with Crippen LogP contribution in [0.15, 0.2) is 41.9 Å². The van der Waals surface area contributed by atoms with Gasteiger partial charge in [0, 0.05) is 5.56 Å². The van der Waals surface area contributed by atoms with Gasteiger partial charge in [-0.2, -0.15) is 0 Å². The quantitative estimate of drug-likeness (QED) is 0.602. The zero-order chi connectivity index (χ0) is 10.3. The highest BCUT2D eigenvalue weighted by Crippen LogP contribution is 2.33. The van der Waals surface area contributed by atoms with Crippen molar-refractivity contribution in [2.24, 2.45) is 0 Å². The molecule has 0 saturated carbocycles. The Morgan fingerprint density at radius 1 is 1.07 bits per heavy atom. The topological polar surface area (TPSA) is 35.5 Å². The molecule has 3 heteroatoms. The Balaban J connectivity index is 2.11. The lowest BCUT2D eigenvalue weighted by Crippen LogP contribution is -2.16. The number of rotatable bonds is 0. The number of ether oxygens (including phenoxy) is 2. The average Bonchev–Trinajstić information content (AvgIpc) is 2.26. The first-order valence-corrected chi connectivity index (χ1v) is 4.73. The van der Waals surface area contributed by atoms with Gasteiger partial charge in [-0.05, 0) is 18.2 Å². The second kappa shape index (κ2) is 2.98. The van der Waals surface area contributed by atoms with Crippen molar-refractivity contribution in [3.8, 4) is 5.75 Å². The number of hydrogen-bond acceptors (Lipinski definition) is 3. The minimum absolute atomic E-state index is 0.243. The molecule has 2 aliphatic heterocycles. The molecule has 0 radical (unpaired) electrons. The number of para-hydroxylation sites is 1. The van der Waals surface area contributed by atoms with Crippen LogP contribution in [0.4, 0.5) is 0 Å². The van der Waals surface area contributed by atoms with Gasteiger partial charge in [0.25, 0.3) is 0 Å². The van der Waals surface area contributed by atoms with E-state index in [1.165, 1.54) is 0 Å². The summed E-state index contributed by atoms with van der Waals surface area (Å²) in [6, 6.07) is 7.63. The van der Waals surface area contributed by atoms with Crippen molar-refractivity contribution >= 4 is 12.0 Å². The molecule has 3 nitrogen and oxygen atoms in total. The molecule has 2 heterocycles. The van der Waals surface area contributed by atoms with E-state index >= 15 is 0 Å². The van der Waals surface area contributed by atoms with E-state index in [4.69, 9.17) is 9.47 Å². The zero-order valence-electron chi connectivity index (χ0n) is 7.90. The van der Waals surface area contributed by atoms with E-state index in [2.05, 4.69) is 0 Å². The molecule has 74 valence electrons. The molecule has 0 fully saturated rings. The Morgan fingerprint density at radius 3 is 2.87 bits per heavy atom. The lowest BCUT2D eigenvalue weighted by atomic mass is 10.1. The van der Waals surface area contributed by atoms with Crippen LogP contribution in [-0.4, -0.2) is 5.97 Å². The van der Waals surface area contributed by atoms with Crippen molar-refractivity contribution in [1.29, 1.82) is 0 Å². The summed E-state index contributed by atoms with van der Waals surface area (Å²) in [6.45, 7) is 0. The van der Waals surface area contributed by atoms with Crippen LogP contribution in [0.5, 0.6) is 5.75 Å². The normalized spacial score (nSPS) is 17.7. The fourth-order valence-electron chi connectivity index (χ4n) is 1.64. The standard InChI is InChI=1S/C12H8O3/c13-12-6-5-10-11(15-12)7-8-3-1-2-4-9(8)14-10/h1-5,7H,6H2. The SMILES string of the molecule is O=C1CC=C2Oc3ccccc3C=C2O1. The van der Waals surface area contributed by atoms with Crippen LogP contribution in [0.25, 0.3) is 6.08 Å². The lowest BCUT2D eigenvalue weighted by molar-refractivity contribution is -0.139. The van der Waals surface area contributed by atoms with Gasteiger partial charge in [-0.15, -0.1) is 0 Å². The molecule has 1 aromatic rings. The molecule has 0 atom stereocenters. The Bertz CT molecular complexity index is 497. The van der Waals surface area contributed by atoms with Crippen molar-refractivity contribution in [2.75, 3.05) is 0 Å². The smallest absolute Gasteiger partial charge is 0.315 e. The number of esters is 1. The molecule has 3 rings (SSSR count). The van der Waals surface area contributed by atoms with Crippen LogP contribution in [-0.2, 0) is 9.53 Å². The van der Waals surface area contributed by atoms with Crippen molar-refractivity contribution in [1.82, 2.24) is 0 Å². The molecule has 0 amide bonds. The fraction of sp³-hybridized carbons (Fsp3) is 0.0833. The third-order valence-corrected chi connectivity index (χ3v) is 2.35. The van der Waals surface area contributed by atoms with Crippen molar-refractivity contribution in [3.05, 3.63) is 47.4 Å². The van der Waals surface area contributed by atoms with E-state index in [1.807, 2.05) is 30.3 Å². The first kappa shape index (κ1) is 8.29. The Labute approximate surface area is 86.6 Å². The summed E-state index contributed by atoms with van der Waals surface area (Å²) in [4.78, 5) is 11.1. The van der Waals surface area contributed by atoms with Gasteiger partial charge in [0.2, 0.25) is 0 Å². The van der Waals surface area contributed by atoms with Crippen LogP contribution in [0.2, 0.25) is 0 Å². The van der Waals surface area contributed by atoms with Crippen LogP contribution >= 0.6 is 0 Å². The minimum Gasteiger partial charge on any atom is -0.453 e. The van der Waals surface area contributed by atoms with E-state index in [0.717, 1.165) is 11.3 Å². The van der Waals surface area contributed by atoms with Crippen molar-refractivity contribution in [3.63, 3.8) is 0 Å². The highest BCUT2D eigenvalue weighted by Gasteiger charge is 2.23. The minimum atomic E-state index is -0.243. The molecule has 0 saturated heterocycles. The Hall–Kier alpha value is -2.03. The number of carbonyl (C=O) groups is 1. The van der Waals surface area contributed by atoms with E-state index in [1.54, 1.807) is 6.08 Å². The van der Waals surface area contributed by atoms with Crippen LogP contribution in [0, 0.1) is 0 Å². The second-order valence-corrected chi connectivity index (χ2v) is 3.40. The predicted octanol–water partition coefficient (Wildman–Crippen LogP) is 2.25. The average molecular weight is 200 g/mol. The Morgan fingerprint density at radius 2 is 1.93 bits per heavy atom. The van der Waals surface area contributed by atoms with Gasteiger partial charge in [0.1, 0.15) is 5.75 Å². The van der Waals surface area contributed by atoms with Gasteiger partial charge < -0.3 is 9.47 Å². The molecule has 0 aromatic heterocycles. The summed E-state index contributed by atoms with van der Waals surface area (Å²) >= 11 is 0. The maximum Gasteiger partial charge on any atom is 0.315 e. The predicted molar refractivity (Wildman–Crippen MR) is 53.8 cm³/mol. The third kappa shape index (κ3) is 1.32. The van der Waals surface area contributed by atoms with Crippen LogP contribution in [0.3, 0.4) is 0 Å². The van der Waals surface area contributed by atoms with Gasteiger partial charge >= 0.3 is 5.97 Å². The molecule has 0 unspecified atom stereocenters. The third-order valence-electron chi connectivity index (χ3n) is 2.35. The number of carbonyl (C=O) groups excluding carboxylic acids is 1. The summed E-state index contributed by atoms with van der Waals surface area (Å²) in [5.74, 6) is 1.69.